The summed E-state index contributed by atoms with van der Waals surface area (Å²) in [5, 5.41) is 0.519. The van der Waals surface area contributed by atoms with E-state index in [1.165, 1.54) is 16.2 Å². The number of para-hydroxylation sites is 1. The zero-order valence-electron chi connectivity index (χ0n) is 14.4. The van der Waals surface area contributed by atoms with Crippen molar-refractivity contribution in [1.29, 1.82) is 0 Å². The summed E-state index contributed by atoms with van der Waals surface area (Å²) >= 11 is 1.39. The molecule has 27 heavy (non-hydrogen) atoms. The SMILES string of the molecule is O=C1CCC(=O)N1CC(=O)N(Cc1ccccn1)c1nc2ccccc2s1. The second-order valence-electron chi connectivity index (χ2n) is 6.14. The summed E-state index contributed by atoms with van der Waals surface area (Å²) in [5.41, 5.74) is 1.49. The third-order valence-electron chi connectivity index (χ3n) is 4.31. The van der Waals surface area contributed by atoms with Crippen LogP contribution in [0.2, 0.25) is 0 Å². The number of likely N-dealkylation sites (tertiary alicyclic amines) is 1. The molecule has 3 aromatic rings. The van der Waals surface area contributed by atoms with Crippen molar-refractivity contribution >= 4 is 44.4 Å². The number of aromatic nitrogens is 2. The Labute approximate surface area is 159 Å². The first-order chi connectivity index (χ1) is 13.1. The minimum absolute atomic E-state index is 0.160. The topological polar surface area (TPSA) is 83.5 Å². The van der Waals surface area contributed by atoms with E-state index in [1.54, 1.807) is 12.3 Å². The molecular weight excluding hydrogens is 364 g/mol. The highest BCUT2D eigenvalue weighted by molar-refractivity contribution is 7.22. The monoisotopic (exact) mass is 380 g/mol. The van der Waals surface area contributed by atoms with Gasteiger partial charge < -0.3 is 0 Å². The summed E-state index contributed by atoms with van der Waals surface area (Å²) in [4.78, 5) is 48.1. The molecule has 7 nitrogen and oxygen atoms in total. The summed E-state index contributed by atoms with van der Waals surface area (Å²) < 4.78 is 0.958. The van der Waals surface area contributed by atoms with E-state index in [0.29, 0.717) is 10.8 Å². The van der Waals surface area contributed by atoms with Crippen LogP contribution in [0.5, 0.6) is 0 Å². The lowest BCUT2D eigenvalue weighted by Crippen LogP contribution is -2.42. The Morgan fingerprint density at radius 2 is 1.81 bits per heavy atom. The maximum absolute atomic E-state index is 13.0. The average molecular weight is 380 g/mol. The van der Waals surface area contributed by atoms with Gasteiger partial charge in [0.1, 0.15) is 6.54 Å². The number of pyridine rings is 1. The summed E-state index contributed by atoms with van der Waals surface area (Å²) in [6.07, 6.45) is 1.98. The molecule has 1 aliphatic rings. The Morgan fingerprint density at radius 3 is 2.52 bits per heavy atom. The fourth-order valence-electron chi connectivity index (χ4n) is 2.91. The van der Waals surface area contributed by atoms with Gasteiger partial charge in [-0.25, -0.2) is 4.98 Å². The molecule has 0 spiro atoms. The van der Waals surface area contributed by atoms with Crippen molar-refractivity contribution in [2.24, 2.45) is 0 Å². The van der Waals surface area contributed by atoms with Gasteiger partial charge in [-0.2, -0.15) is 0 Å². The van der Waals surface area contributed by atoms with Crippen molar-refractivity contribution in [1.82, 2.24) is 14.9 Å². The van der Waals surface area contributed by atoms with Crippen LogP contribution in [0.1, 0.15) is 18.5 Å². The Bertz CT molecular complexity index is 969. The highest BCUT2D eigenvalue weighted by atomic mass is 32.1. The van der Waals surface area contributed by atoms with E-state index in [1.807, 2.05) is 36.4 Å². The normalized spacial score (nSPS) is 14.1. The number of carbonyl (C=O) groups excluding carboxylic acids is 3. The second kappa shape index (κ2) is 7.24. The first-order valence-corrected chi connectivity index (χ1v) is 9.32. The summed E-state index contributed by atoms with van der Waals surface area (Å²) in [5.74, 6) is -0.978. The molecule has 3 amide bonds. The van der Waals surface area contributed by atoms with Crippen LogP contribution < -0.4 is 4.90 Å². The molecule has 0 aliphatic carbocycles. The van der Waals surface area contributed by atoms with E-state index in [9.17, 15) is 14.4 Å². The van der Waals surface area contributed by atoms with Crippen LogP contribution in [-0.2, 0) is 20.9 Å². The van der Waals surface area contributed by atoms with Crippen LogP contribution in [0.3, 0.4) is 0 Å². The maximum atomic E-state index is 13.0. The van der Waals surface area contributed by atoms with E-state index < -0.39 is 0 Å². The standard InChI is InChI=1S/C19H16N4O3S/c24-16-8-9-17(25)22(16)12-18(26)23(11-13-5-3-4-10-20-13)19-21-14-6-1-2-7-15(14)27-19/h1-7,10H,8-9,11-12H2. The predicted molar refractivity (Wildman–Crippen MR) is 101 cm³/mol. The van der Waals surface area contributed by atoms with Crippen molar-refractivity contribution in [3.63, 3.8) is 0 Å². The Morgan fingerprint density at radius 1 is 1.07 bits per heavy atom. The third kappa shape index (κ3) is 3.56. The molecule has 136 valence electrons. The molecule has 0 radical (unpaired) electrons. The molecule has 1 fully saturated rings. The molecule has 1 saturated heterocycles. The summed E-state index contributed by atoms with van der Waals surface area (Å²) in [7, 11) is 0. The fraction of sp³-hybridized carbons (Fsp3) is 0.211. The van der Waals surface area contributed by atoms with Gasteiger partial charge in [-0.15, -0.1) is 0 Å². The van der Waals surface area contributed by atoms with Crippen molar-refractivity contribution in [2.45, 2.75) is 19.4 Å². The smallest absolute Gasteiger partial charge is 0.249 e. The van der Waals surface area contributed by atoms with Crippen LogP contribution in [-0.4, -0.2) is 39.1 Å². The van der Waals surface area contributed by atoms with Gasteiger partial charge in [-0.3, -0.25) is 29.2 Å². The molecular formula is C19H16N4O3S. The largest absolute Gasteiger partial charge is 0.280 e. The number of anilines is 1. The molecule has 1 aliphatic heterocycles. The van der Waals surface area contributed by atoms with E-state index in [0.717, 1.165) is 15.1 Å². The highest BCUT2D eigenvalue weighted by Gasteiger charge is 2.32. The van der Waals surface area contributed by atoms with Crippen LogP contribution in [0, 0.1) is 0 Å². The number of carbonyl (C=O) groups is 3. The lowest BCUT2D eigenvalue weighted by atomic mass is 10.3. The van der Waals surface area contributed by atoms with Crippen LogP contribution >= 0.6 is 11.3 Å². The molecule has 0 saturated carbocycles. The number of thiazole rings is 1. The molecule has 8 heteroatoms. The van der Waals surface area contributed by atoms with Gasteiger partial charge in [0, 0.05) is 19.0 Å². The van der Waals surface area contributed by atoms with E-state index in [2.05, 4.69) is 9.97 Å². The van der Waals surface area contributed by atoms with Gasteiger partial charge in [0.15, 0.2) is 5.13 Å². The van der Waals surface area contributed by atoms with Crippen molar-refractivity contribution < 1.29 is 14.4 Å². The second-order valence-corrected chi connectivity index (χ2v) is 7.15. The predicted octanol–water partition coefficient (Wildman–Crippen LogP) is 2.37. The quantitative estimate of drug-likeness (QED) is 0.635. The third-order valence-corrected chi connectivity index (χ3v) is 5.37. The van der Waals surface area contributed by atoms with E-state index in [4.69, 9.17) is 0 Å². The van der Waals surface area contributed by atoms with Gasteiger partial charge in [0.05, 0.1) is 22.5 Å². The fourth-order valence-corrected chi connectivity index (χ4v) is 3.89. The molecule has 1 aromatic carbocycles. The van der Waals surface area contributed by atoms with Crippen molar-refractivity contribution in [2.75, 3.05) is 11.4 Å². The first kappa shape index (κ1) is 17.3. The maximum Gasteiger partial charge on any atom is 0.249 e. The Hall–Kier alpha value is -3.13. The number of hydrogen-bond acceptors (Lipinski definition) is 6. The van der Waals surface area contributed by atoms with Crippen molar-refractivity contribution in [3.8, 4) is 0 Å². The Kier molecular flexibility index (Phi) is 4.64. The van der Waals surface area contributed by atoms with Crippen LogP contribution in [0.4, 0.5) is 5.13 Å². The number of fused-ring (bicyclic) bond motifs is 1. The minimum atomic E-state index is -0.358. The van der Waals surface area contributed by atoms with E-state index >= 15 is 0 Å². The Balaban J connectivity index is 1.65. The molecule has 0 unspecified atom stereocenters. The van der Waals surface area contributed by atoms with Crippen LogP contribution in [0.15, 0.2) is 48.7 Å². The van der Waals surface area contributed by atoms with Gasteiger partial charge >= 0.3 is 0 Å². The number of nitrogens with zero attached hydrogens (tertiary/aromatic N) is 4. The van der Waals surface area contributed by atoms with Gasteiger partial charge in [-0.05, 0) is 24.3 Å². The summed E-state index contributed by atoms with van der Waals surface area (Å²) in [6, 6.07) is 13.1. The number of imide groups is 1. The highest BCUT2D eigenvalue weighted by Crippen LogP contribution is 2.29. The van der Waals surface area contributed by atoms with Gasteiger partial charge in [0.2, 0.25) is 17.7 Å². The first-order valence-electron chi connectivity index (χ1n) is 8.51. The molecule has 0 N–H and O–H groups in total. The molecule has 4 rings (SSSR count). The lowest BCUT2D eigenvalue weighted by molar-refractivity contribution is -0.141. The number of benzene rings is 1. The lowest BCUT2D eigenvalue weighted by Gasteiger charge is -2.22. The minimum Gasteiger partial charge on any atom is -0.280 e. The number of amides is 3. The van der Waals surface area contributed by atoms with Gasteiger partial charge in [-0.1, -0.05) is 29.5 Å². The molecule has 0 atom stereocenters. The molecule has 3 heterocycles. The zero-order valence-corrected chi connectivity index (χ0v) is 15.2. The molecule has 0 bridgehead atoms. The summed E-state index contributed by atoms with van der Waals surface area (Å²) in [6.45, 7) is -0.0594. The number of hydrogen-bond donors (Lipinski definition) is 0. The molecule has 2 aromatic heterocycles. The van der Waals surface area contributed by atoms with Crippen molar-refractivity contribution in [3.05, 3.63) is 54.4 Å². The van der Waals surface area contributed by atoms with Gasteiger partial charge in [0.25, 0.3) is 0 Å². The average Bonchev–Trinajstić information content (AvgIpc) is 3.25. The van der Waals surface area contributed by atoms with E-state index in [-0.39, 0.29) is 43.7 Å². The number of rotatable bonds is 5. The van der Waals surface area contributed by atoms with Crippen LogP contribution in [0.25, 0.3) is 10.2 Å². The zero-order chi connectivity index (χ0) is 18.8.